The van der Waals surface area contributed by atoms with Crippen molar-refractivity contribution >= 4 is 17.7 Å². The molecule has 1 aliphatic heterocycles. The lowest BCUT2D eigenvalue weighted by molar-refractivity contribution is -0.124. The van der Waals surface area contributed by atoms with E-state index in [4.69, 9.17) is 0 Å². The molecule has 0 bridgehead atoms. The van der Waals surface area contributed by atoms with Gasteiger partial charge in [0.25, 0.3) is 0 Å². The first-order valence-corrected chi connectivity index (χ1v) is 6.96. The maximum atomic E-state index is 11.8. The number of carbonyl (C=O) groups is 1. The van der Waals surface area contributed by atoms with E-state index < -0.39 is 0 Å². The molecule has 1 aliphatic carbocycles. The SMILES string of the molecule is CC1(NC(=O)CC2CSCCN2)CCC1. The smallest absolute Gasteiger partial charge is 0.222 e. The van der Waals surface area contributed by atoms with Crippen molar-refractivity contribution in [3.8, 4) is 0 Å². The van der Waals surface area contributed by atoms with E-state index in [2.05, 4.69) is 17.6 Å². The van der Waals surface area contributed by atoms with E-state index in [1.807, 2.05) is 11.8 Å². The minimum atomic E-state index is 0.110. The van der Waals surface area contributed by atoms with Crippen molar-refractivity contribution in [3.63, 3.8) is 0 Å². The Bertz CT molecular complexity index is 235. The minimum absolute atomic E-state index is 0.110. The summed E-state index contributed by atoms with van der Waals surface area (Å²) < 4.78 is 0. The number of hydrogen-bond donors (Lipinski definition) is 2. The van der Waals surface area contributed by atoms with Crippen LogP contribution in [-0.2, 0) is 4.79 Å². The monoisotopic (exact) mass is 228 g/mol. The van der Waals surface area contributed by atoms with Crippen LogP contribution < -0.4 is 10.6 Å². The van der Waals surface area contributed by atoms with Crippen LogP contribution in [0.15, 0.2) is 0 Å². The van der Waals surface area contributed by atoms with Gasteiger partial charge in [-0.1, -0.05) is 0 Å². The molecule has 1 unspecified atom stereocenters. The van der Waals surface area contributed by atoms with Crippen LogP contribution in [0.25, 0.3) is 0 Å². The normalized spacial score (nSPS) is 29.3. The lowest BCUT2D eigenvalue weighted by Crippen LogP contribution is -2.52. The van der Waals surface area contributed by atoms with Gasteiger partial charge in [0.05, 0.1) is 0 Å². The Kier molecular flexibility index (Phi) is 3.57. The highest BCUT2D eigenvalue weighted by molar-refractivity contribution is 7.99. The molecule has 2 N–H and O–H groups in total. The molecule has 0 aromatic heterocycles. The van der Waals surface area contributed by atoms with Gasteiger partial charge < -0.3 is 10.6 Å². The molecule has 15 heavy (non-hydrogen) atoms. The van der Waals surface area contributed by atoms with Gasteiger partial charge in [-0.05, 0) is 26.2 Å². The van der Waals surface area contributed by atoms with Crippen molar-refractivity contribution in [3.05, 3.63) is 0 Å². The molecule has 0 aromatic carbocycles. The molecule has 4 heteroatoms. The van der Waals surface area contributed by atoms with Crippen molar-refractivity contribution in [2.24, 2.45) is 0 Å². The van der Waals surface area contributed by atoms with Crippen LogP contribution in [0.2, 0.25) is 0 Å². The average molecular weight is 228 g/mol. The second-order valence-corrected chi connectivity index (χ2v) is 6.04. The van der Waals surface area contributed by atoms with E-state index in [-0.39, 0.29) is 11.4 Å². The maximum absolute atomic E-state index is 11.8. The number of hydrogen-bond acceptors (Lipinski definition) is 3. The fourth-order valence-corrected chi connectivity index (χ4v) is 3.14. The van der Waals surface area contributed by atoms with Crippen molar-refractivity contribution in [1.82, 2.24) is 10.6 Å². The third-order valence-corrected chi connectivity index (χ3v) is 4.46. The molecule has 0 radical (unpaired) electrons. The van der Waals surface area contributed by atoms with Crippen LogP contribution in [0.5, 0.6) is 0 Å². The van der Waals surface area contributed by atoms with Gasteiger partial charge in [0.1, 0.15) is 0 Å². The molecule has 1 atom stereocenters. The molecule has 1 saturated carbocycles. The Hall–Kier alpha value is -0.220. The Morgan fingerprint density at radius 3 is 2.93 bits per heavy atom. The summed E-state index contributed by atoms with van der Waals surface area (Å²) in [7, 11) is 0. The van der Waals surface area contributed by atoms with E-state index in [0.29, 0.717) is 12.5 Å². The van der Waals surface area contributed by atoms with Gasteiger partial charge in [-0.3, -0.25) is 4.79 Å². The summed E-state index contributed by atoms with van der Waals surface area (Å²) in [4.78, 5) is 11.8. The molecular weight excluding hydrogens is 208 g/mol. The Morgan fingerprint density at radius 1 is 1.60 bits per heavy atom. The third-order valence-electron chi connectivity index (χ3n) is 3.33. The number of nitrogens with one attached hydrogen (secondary N) is 2. The zero-order valence-electron chi connectivity index (χ0n) is 9.34. The van der Waals surface area contributed by atoms with Gasteiger partial charge >= 0.3 is 0 Å². The van der Waals surface area contributed by atoms with Crippen molar-refractivity contribution in [1.29, 1.82) is 0 Å². The first kappa shape index (κ1) is 11.3. The predicted molar refractivity (Wildman–Crippen MR) is 64.1 cm³/mol. The molecular formula is C11H20N2OS. The summed E-state index contributed by atoms with van der Waals surface area (Å²) in [6.07, 6.45) is 4.19. The van der Waals surface area contributed by atoms with Crippen molar-refractivity contribution < 1.29 is 4.79 Å². The standard InChI is InChI=1S/C11H20N2OS/c1-11(3-2-4-11)13-10(14)7-9-8-15-6-5-12-9/h9,12H,2-8H2,1H3,(H,13,14). The fourth-order valence-electron chi connectivity index (χ4n) is 2.19. The molecule has 1 heterocycles. The van der Waals surface area contributed by atoms with Crippen molar-refractivity contribution in [2.75, 3.05) is 18.1 Å². The molecule has 0 spiro atoms. The minimum Gasteiger partial charge on any atom is -0.351 e. The number of carbonyl (C=O) groups excluding carboxylic acids is 1. The van der Waals surface area contributed by atoms with Crippen LogP contribution in [0.3, 0.4) is 0 Å². The number of rotatable bonds is 3. The van der Waals surface area contributed by atoms with Gasteiger partial charge in [-0.2, -0.15) is 11.8 Å². The van der Waals surface area contributed by atoms with E-state index in [1.54, 1.807) is 0 Å². The van der Waals surface area contributed by atoms with Gasteiger partial charge in [-0.25, -0.2) is 0 Å². The van der Waals surface area contributed by atoms with Crippen LogP contribution in [0.4, 0.5) is 0 Å². The Balaban J connectivity index is 1.71. The highest BCUT2D eigenvalue weighted by Crippen LogP contribution is 2.30. The quantitative estimate of drug-likeness (QED) is 0.761. The molecule has 3 nitrogen and oxygen atoms in total. The van der Waals surface area contributed by atoms with Crippen LogP contribution in [0, 0.1) is 0 Å². The molecule has 1 saturated heterocycles. The molecule has 86 valence electrons. The number of thioether (sulfide) groups is 1. The third kappa shape index (κ3) is 3.11. The summed E-state index contributed by atoms with van der Waals surface area (Å²) in [5.74, 6) is 2.47. The molecule has 1 amide bonds. The van der Waals surface area contributed by atoms with Crippen LogP contribution >= 0.6 is 11.8 Å². The lowest BCUT2D eigenvalue weighted by atomic mass is 9.78. The van der Waals surface area contributed by atoms with Gasteiger partial charge in [-0.15, -0.1) is 0 Å². The zero-order chi connectivity index (χ0) is 10.7. The first-order valence-electron chi connectivity index (χ1n) is 5.80. The largest absolute Gasteiger partial charge is 0.351 e. The summed E-state index contributed by atoms with van der Waals surface area (Å²) >= 11 is 1.94. The van der Waals surface area contributed by atoms with E-state index in [1.165, 1.54) is 12.2 Å². The van der Waals surface area contributed by atoms with E-state index in [9.17, 15) is 4.79 Å². The average Bonchev–Trinajstić information content (AvgIpc) is 2.16. The zero-order valence-corrected chi connectivity index (χ0v) is 10.2. The topological polar surface area (TPSA) is 41.1 Å². The van der Waals surface area contributed by atoms with Crippen molar-refractivity contribution in [2.45, 2.75) is 44.2 Å². The second kappa shape index (κ2) is 4.74. The summed E-state index contributed by atoms with van der Waals surface area (Å²) in [5.41, 5.74) is 0.110. The highest BCUT2D eigenvalue weighted by atomic mass is 32.2. The van der Waals surface area contributed by atoms with Gasteiger partial charge in [0.15, 0.2) is 0 Å². The number of amides is 1. The van der Waals surface area contributed by atoms with Crippen LogP contribution in [-0.4, -0.2) is 35.5 Å². The first-order chi connectivity index (χ1) is 7.18. The summed E-state index contributed by atoms with van der Waals surface area (Å²) in [5, 5.41) is 6.54. The summed E-state index contributed by atoms with van der Waals surface area (Å²) in [6.45, 7) is 3.19. The maximum Gasteiger partial charge on any atom is 0.222 e. The van der Waals surface area contributed by atoms with E-state index >= 15 is 0 Å². The van der Waals surface area contributed by atoms with Crippen LogP contribution in [0.1, 0.15) is 32.6 Å². The molecule has 2 fully saturated rings. The Morgan fingerprint density at radius 2 is 2.40 bits per heavy atom. The molecule has 2 rings (SSSR count). The Labute approximate surface area is 95.8 Å². The molecule has 0 aromatic rings. The van der Waals surface area contributed by atoms with Gasteiger partial charge in [0.2, 0.25) is 5.91 Å². The molecule has 2 aliphatic rings. The second-order valence-electron chi connectivity index (χ2n) is 4.89. The highest BCUT2D eigenvalue weighted by Gasteiger charge is 2.33. The van der Waals surface area contributed by atoms with E-state index in [0.717, 1.165) is 25.1 Å². The lowest BCUT2D eigenvalue weighted by Gasteiger charge is -2.39. The summed E-state index contributed by atoms with van der Waals surface area (Å²) in [6, 6.07) is 0.382. The fraction of sp³-hybridized carbons (Fsp3) is 0.909. The van der Waals surface area contributed by atoms with Gasteiger partial charge in [0, 0.05) is 36.1 Å². The predicted octanol–water partition coefficient (Wildman–Crippen LogP) is 1.14.